The molecule has 0 amide bonds. The first-order valence-corrected chi connectivity index (χ1v) is 6.50. The highest BCUT2D eigenvalue weighted by atomic mass is 79.9. The van der Waals surface area contributed by atoms with Gasteiger partial charge in [-0.15, -0.1) is 0 Å². The van der Waals surface area contributed by atoms with Crippen molar-refractivity contribution in [2.24, 2.45) is 5.10 Å². The van der Waals surface area contributed by atoms with Crippen molar-refractivity contribution in [3.8, 4) is 0 Å². The van der Waals surface area contributed by atoms with Crippen molar-refractivity contribution in [2.75, 3.05) is 5.43 Å². The molecule has 0 aliphatic rings. The smallest absolute Gasteiger partial charge is 0.276 e. The first-order valence-electron chi connectivity index (χ1n) is 5.70. The van der Waals surface area contributed by atoms with Crippen LogP contribution in [0, 0.1) is 0 Å². The number of halogens is 1. The van der Waals surface area contributed by atoms with E-state index in [1.807, 2.05) is 24.3 Å². The zero-order valence-electron chi connectivity index (χ0n) is 10.1. The summed E-state index contributed by atoms with van der Waals surface area (Å²) < 4.78 is 1.00. The van der Waals surface area contributed by atoms with E-state index in [1.54, 1.807) is 6.21 Å². The Hall–Kier alpha value is -2.48. The van der Waals surface area contributed by atoms with Gasteiger partial charge >= 0.3 is 0 Å². The number of nitrogens with one attached hydrogen (secondary N) is 3. The molecule has 0 saturated carbocycles. The van der Waals surface area contributed by atoms with Gasteiger partial charge in [0.15, 0.2) is 11.2 Å². The molecule has 3 N–H and O–H groups in total. The molecule has 0 atom stereocenters. The van der Waals surface area contributed by atoms with Crippen LogP contribution < -0.4 is 11.0 Å². The Morgan fingerprint density at radius 3 is 2.85 bits per heavy atom. The molecule has 100 valence electrons. The lowest BCUT2D eigenvalue weighted by atomic mass is 10.2. The maximum atomic E-state index is 11.5. The van der Waals surface area contributed by atoms with Crippen LogP contribution in [-0.2, 0) is 0 Å². The summed E-state index contributed by atoms with van der Waals surface area (Å²) in [6.45, 7) is 0. The summed E-state index contributed by atoms with van der Waals surface area (Å²) in [7, 11) is 0. The molecule has 0 saturated heterocycles. The fraction of sp³-hybridized carbons (Fsp3) is 0. The summed E-state index contributed by atoms with van der Waals surface area (Å²) in [4.78, 5) is 24.8. The van der Waals surface area contributed by atoms with Gasteiger partial charge in [-0.25, -0.2) is 10.4 Å². The summed E-state index contributed by atoms with van der Waals surface area (Å²) in [6.07, 6.45) is 2.96. The molecular formula is C12H9BrN6O. The van der Waals surface area contributed by atoms with E-state index in [1.165, 1.54) is 6.33 Å². The molecule has 8 heteroatoms. The fourth-order valence-corrected chi connectivity index (χ4v) is 1.87. The van der Waals surface area contributed by atoms with Gasteiger partial charge in [0.25, 0.3) is 5.56 Å². The number of anilines is 1. The van der Waals surface area contributed by atoms with Crippen molar-refractivity contribution in [2.45, 2.75) is 0 Å². The number of imidazole rings is 1. The Balaban J connectivity index is 1.78. The summed E-state index contributed by atoms with van der Waals surface area (Å²) >= 11 is 3.36. The molecule has 0 fully saturated rings. The van der Waals surface area contributed by atoms with E-state index in [9.17, 15) is 4.79 Å². The van der Waals surface area contributed by atoms with Gasteiger partial charge in [0.1, 0.15) is 0 Å². The first-order chi connectivity index (χ1) is 9.72. The lowest BCUT2D eigenvalue weighted by Gasteiger charge is -1.94. The van der Waals surface area contributed by atoms with Crippen LogP contribution in [0.1, 0.15) is 5.56 Å². The Morgan fingerprint density at radius 1 is 1.30 bits per heavy atom. The highest BCUT2D eigenvalue weighted by Crippen LogP contribution is 2.09. The predicted octanol–water partition coefficient (Wildman–Crippen LogP) is 1.85. The average Bonchev–Trinajstić information content (AvgIpc) is 2.85. The number of aromatic amines is 2. The quantitative estimate of drug-likeness (QED) is 0.503. The number of nitrogens with zero attached hydrogens (tertiary/aromatic N) is 3. The minimum Gasteiger partial charge on any atom is -0.317 e. The Labute approximate surface area is 121 Å². The molecule has 20 heavy (non-hydrogen) atoms. The Morgan fingerprint density at radius 2 is 2.10 bits per heavy atom. The van der Waals surface area contributed by atoms with Gasteiger partial charge in [0, 0.05) is 4.47 Å². The molecule has 2 heterocycles. The number of hydrazone groups is 1. The fourth-order valence-electron chi connectivity index (χ4n) is 1.61. The van der Waals surface area contributed by atoms with Gasteiger partial charge in [0.2, 0.25) is 5.95 Å². The molecule has 1 aromatic carbocycles. The van der Waals surface area contributed by atoms with Crippen LogP contribution >= 0.6 is 15.9 Å². The van der Waals surface area contributed by atoms with Crippen LogP contribution in [0.2, 0.25) is 0 Å². The summed E-state index contributed by atoms with van der Waals surface area (Å²) in [5, 5.41) is 4.04. The Kier molecular flexibility index (Phi) is 3.30. The molecule has 7 nitrogen and oxygen atoms in total. The molecule has 3 aromatic rings. The van der Waals surface area contributed by atoms with Crippen molar-refractivity contribution in [1.29, 1.82) is 0 Å². The Bertz CT molecular complexity index is 820. The van der Waals surface area contributed by atoms with Gasteiger partial charge in [-0.2, -0.15) is 10.1 Å². The molecular weight excluding hydrogens is 324 g/mol. The van der Waals surface area contributed by atoms with E-state index in [0.29, 0.717) is 17.1 Å². The van der Waals surface area contributed by atoms with Crippen molar-refractivity contribution in [3.63, 3.8) is 0 Å². The molecule has 0 radical (unpaired) electrons. The molecule has 0 unspecified atom stereocenters. The third-order valence-electron chi connectivity index (χ3n) is 2.55. The van der Waals surface area contributed by atoms with Gasteiger partial charge in [-0.05, 0) is 17.7 Å². The number of aromatic nitrogens is 4. The van der Waals surface area contributed by atoms with Crippen LogP contribution in [0.3, 0.4) is 0 Å². The van der Waals surface area contributed by atoms with Crippen molar-refractivity contribution < 1.29 is 0 Å². The second kappa shape index (κ2) is 5.25. The zero-order valence-corrected chi connectivity index (χ0v) is 11.7. The van der Waals surface area contributed by atoms with Gasteiger partial charge < -0.3 is 9.97 Å². The van der Waals surface area contributed by atoms with Crippen LogP contribution in [0.5, 0.6) is 0 Å². The predicted molar refractivity (Wildman–Crippen MR) is 79.9 cm³/mol. The van der Waals surface area contributed by atoms with Crippen molar-refractivity contribution in [1.82, 2.24) is 19.9 Å². The lowest BCUT2D eigenvalue weighted by Crippen LogP contribution is -2.05. The molecule has 0 aliphatic heterocycles. The highest BCUT2D eigenvalue weighted by molar-refractivity contribution is 9.10. The lowest BCUT2D eigenvalue weighted by molar-refractivity contribution is 1.15. The topological polar surface area (TPSA) is 98.8 Å². The summed E-state index contributed by atoms with van der Waals surface area (Å²) in [5.74, 6) is 0.359. The second-order valence-corrected chi connectivity index (χ2v) is 4.85. The average molecular weight is 333 g/mol. The first kappa shape index (κ1) is 12.5. The van der Waals surface area contributed by atoms with Gasteiger partial charge in [-0.1, -0.05) is 28.1 Å². The van der Waals surface area contributed by atoms with E-state index in [0.717, 1.165) is 10.0 Å². The molecule has 3 rings (SSSR count). The standard InChI is InChI=1S/C12H9BrN6O/c13-8-3-1-7(2-4-8)5-16-19-12-17-9-10(18-12)14-6-15-11(9)20/h1-6H,(H3,14,15,17,18,19,20). The van der Waals surface area contributed by atoms with Gasteiger partial charge in [0.05, 0.1) is 12.5 Å². The van der Waals surface area contributed by atoms with E-state index >= 15 is 0 Å². The number of hydrogen-bond donors (Lipinski definition) is 3. The third-order valence-corrected chi connectivity index (χ3v) is 3.08. The molecule has 2 aromatic heterocycles. The maximum Gasteiger partial charge on any atom is 0.276 e. The monoisotopic (exact) mass is 332 g/mol. The number of benzene rings is 1. The summed E-state index contributed by atoms with van der Waals surface area (Å²) in [6, 6.07) is 7.68. The van der Waals surface area contributed by atoms with Crippen LogP contribution in [0.4, 0.5) is 5.95 Å². The van der Waals surface area contributed by atoms with Crippen molar-refractivity contribution >= 4 is 39.3 Å². The van der Waals surface area contributed by atoms with Gasteiger partial charge in [-0.3, -0.25) is 4.79 Å². The highest BCUT2D eigenvalue weighted by Gasteiger charge is 2.05. The van der Waals surface area contributed by atoms with E-state index < -0.39 is 0 Å². The number of fused-ring (bicyclic) bond motifs is 1. The molecule has 0 spiro atoms. The van der Waals surface area contributed by atoms with E-state index in [-0.39, 0.29) is 5.56 Å². The molecule has 0 bridgehead atoms. The molecule has 0 aliphatic carbocycles. The van der Waals surface area contributed by atoms with Crippen LogP contribution in [-0.4, -0.2) is 26.2 Å². The number of H-pyrrole nitrogens is 2. The summed E-state index contributed by atoms with van der Waals surface area (Å²) in [5.41, 5.74) is 4.05. The van der Waals surface area contributed by atoms with Crippen molar-refractivity contribution in [3.05, 3.63) is 51.0 Å². The number of hydrogen-bond acceptors (Lipinski definition) is 5. The largest absolute Gasteiger partial charge is 0.317 e. The minimum absolute atomic E-state index is 0.271. The van der Waals surface area contributed by atoms with E-state index in [2.05, 4.69) is 46.4 Å². The minimum atomic E-state index is -0.271. The maximum absolute atomic E-state index is 11.5. The van der Waals surface area contributed by atoms with Crippen LogP contribution in [0.25, 0.3) is 11.2 Å². The normalized spacial score (nSPS) is 11.2. The number of rotatable bonds is 3. The van der Waals surface area contributed by atoms with E-state index in [4.69, 9.17) is 0 Å². The third kappa shape index (κ3) is 2.59. The zero-order chi connectivity index (χ0) is 13.9. The van der Waals surface area contributed by atoms with Crippen LogP contribution in [0.15, 0.2) is 45.0 Å². The SMILES string of the molecule is O=c1[nH]cnc2nc(NN=Cc3ccc(Br)cc3)[nH]c12. The second-order valence-electron chi connectivity index (χ2n) is 3.94.